The number of thiophene rings is 1. The number of nitrogens with zero attached hydrogens (tertiary/aromatic N) is 2. The zero-order chi connectivity index (χ0) is 44.5. The van der Waals surface area contributed by atoms with Crippen molar-refractivity contribution in [3.05, 3.63) is 267 Å². The summed E-state index contributed by atoms with van der Waals surface area (Å²) in [5.74, 6) is 0. The van der Waals surface area contributed by atoms with Crippen molar-refractivity contribution in [2.75, 3.05) is 9.80 Å². The lowest BCUT2D eigenvalue weighted by Crippen LogP contribution is -2.10. The molecule has 0 aliphatic carbocycles. The Kier molecular flexibility index (Phi) is 10.4. The molecular formula is C64H44N2S. The summed E-state index contributed by atoms with van der Waals surface area (Å²) in [6, 6.07) is 96.6. The third-order valence-electron chi connectivity index (χ3n) is 12.9. The molecule has 0 radical (unpaired) electrons. The van der Waals surface area contributed by atoms with E-state index in [2.05, 4.69) is 277 Å². The van der Waals surface area contributed by atoms with Crippen molar-refractivity contribution in [3.63, 3.8) is 0 Å². The van der Waals surface area contributed by atoms with Crippen molar-refractivity contribution in [2.45, 2.75) is 0 Å². The van der Waals surface area contributed by atoms with Crippen molar-refractivity contribution in [1.29, 1.82) is 0 Å². The summed E-state index contributed by atoms with van der Waals surface area (Å²) in [6.45, 7) is 0. The van der Waals surface area contributed by atoms with Gasteiger partial charge in [0.2, 0.25) is 0 Å². The van der Waals surface area contributed by atoms with Gasteiger partial charge >= 0.3 is 0 Å². The number of rotatable bonds is 10. The number of benzene rings is 11. The van der Waals surface area contributed by atoms with Crippen LogP contribution in [0.3, 0.4) is 0 Å². The summed E-state index contributed by atoms with van der Waals surface area (Å²) in [6.07, 6.45) is 0. The van der Waals surface area contributed by atoms with Gasteiger partial charge < -0.3 is 9.80 Å². The second kappa shape index (κ2) is 17.5. The number of hydrogen-bond acceptors (Lipinski definition) is 3. The van der Waals surface area contributed by atoms with Crippen LogP contribution in [0.5, 0.6) is 0 Å². The molecule has 0 fully saturated rings. The number of anilines is 6. The molecule has 2 nitrogen and oxygen atoms in total. The first-order chi connectivity index (χ1) is 33.2. The van der Waals surface area contributed by atoms with Crippen LogP contribution >= 0.6 is 11.3 Å². The van der Waals surface area contributed by atoms with Gasteiger partial charge in [0.1, 0.15) is 0 Å². The normalized spacial score (nSPS) is 11.3. The maximum Gasteiger partial charge on any atom is 0.0540 e. The molecule has 0 N–H and O–H groups in total. The third-order valence-corrected chi connectivity index (χ3v) is 14.1. The van der Waals surface area contributed by atoms with Crippen LogP contribution in [-0.4, -0.2) is 0 Å². The first kappa shape index (κ1) is 40.0. The van der Waals surface area contributed by atoms with Crippen LogP contribution in [0.15, 0.2) is 267 Å². The van der Waals surface area contributed by atoms with Crippen molar-refractivity contribution in [1.82, 2.24) is 0 Å². The molecule has 0 saturated carbocycles. The van der Waals surface area contributed by atoms with Crippen LogP contribution in [0.25, 0.3) is 75.5 Å². The smallest absolute Gasteiger partial charge is 0.0540 e. The lowest BCUT2D eigenvalue weighted by Gasteiger charge is -2.27. The molecule has 0 unspecified atom stereocenters. The van der Waals surface area contributed by atoms with E-state index >= 15 is 0 Å². The third kappa shape index (κ3) is 7.72. The second-order valence-electron chi connectivity index (χ2n) is 16.9. The molecule has 0 aliphatic rings. The van der Waals surface area contributed by atoms with E-state index in [9.17, 15) is 0 Å². The summed E-state index contributed by atoms with van der Waals surface area (Å²) in [4.78, 5) is 4.73. The fourth-order valence-corrected chi connectivity index (χ4v) is 10.8. The minimum absolute atomic E-state index is 1.09. The molecule has 67 heavy (non-hydrogen) atoms. The van der Waals surface area contributed by atoms with Crippen molar-refractivity contribution >= 4 is 76.4 Å². The molecule has 0 aliphatic heterocycles. The molecule has 11 aromatic carbocycles. The Bertz CT molecular complexity index is 3550. The predicted octanol–water partition coefficient (Wildman–Crippen LogP) is 18.8. The highest BCUT2D eigenvalue weighted by Gasteiger charge is 2.18. The average Bonchev–Trinajstić information content (AvgIpc) is 3.80. The summed E-state index contributed by atoms with van der Waals surface area (Å²) < 4.78 is 2.65. The van der Waals surface area contributed by atoms with E-state index in [1.54, 1.807) is 0 Å². The number of fused-ring (bicyclic) bond motifs is 4. The molecule has 316 valence electrons. The van der Waals surface area contributed by atoms with E-state index in [1.807, 2.05) is 11.3 Å². The van der Waals surface area contributed by atoms with Gasteiger partial charge in [0.15, 0.2) is 0 Å². The second-order valence-corrected chi connectivity index (χ2v) is 18.0. The molecule has 1 aromatic heterocycles. The van der Waals surface area contributed by atoms with Gasteiger partial charge in [-0.2, -0.15) is 0 Å². The van der Waals surface area contributed by atoms with Gasteiger partial charge in [0.25, 0.3) is 0 Å². The van der Waals surface area contributed by atoms with E-state index in [-0.39, 0.29) is 0 Å². The molecule has 12 aromatic rings. The molecular weight excluding hydrogens is 829 g/mol. The molecule has 0 spiro atoms. The average molecular weight is 873 g/mol. The van der Waals surface area contributed by atoms with Crippen molar-refractivity contribution in [2.24, 2.45) is 0 Å². The van der Waals surface area contributed by atoms with Crippen LogP contribution in [0, 0.1) is 0 Å². The zero-order valence-corrected chi connectivity index (χ0v) is 37.5. The highest BCUT2D eigenvalue weighted by molar-refractivity contribution is 7.26. The van der Waals surface area contributed by atoms with E-state index in [4.69, 9.17) is 0 Å². The summed E-state index contributed by atoms with van der Waals surface area (Å²) in [5.41, 5.74) is 16.2. The van der Waals surface area contributed by atoms with Crippen LogP contribution in [0.1, 0.15) is 0 Å². The maximum atomic E-state index is 2.39. The summed E-state index contributed by atoms with van der Waals surface area (Å²) >= 11 is 1.87. The zero-order valence-electron chi connectivity index (χ0n) is 36.7. The lowest BCUT2D eigenvalue weighted by atomic mass is 10.0. The van der Waals surface area contributed by atoms with Gasteiger partial charge in [-0.15, -0.1) is 11.3 Å². The Morgan fingerprint density at radius 3 is 1.13 bits per heavy atom. The van der Waals surface area contributed by atoms with E-state index < -0.39 is 0 Å². The van der Waals surface area contributed by atoms with Crippen LogP contribution in [0.2, 0.25) is 0 Å². The Balaban J connectivity index is 0.878. The fraction of sp³-hybridized carbons (Fsp3) is 0. The molecule has 0 atom stereocenters. The monoisotopic (exact) mass is 872 g/mol. The van der Waals surface area contributed by atoms with Crippen LogP contribution in [0.4, 0.5) is 34.1 Å². The van der Waals surface area contributed by atoms with Gasteiger partial charge in [0, 0.05) is 54.0 Å². The standard InChI is InChI=1S/C64H44N2S/c1-3-13-45(14-4-1)47-25-35-53(36-26-47)65(54-37-27-48(28-38-54)46-15-5-2-6-16-46)55-39-29-49(30-40-55)50-31-41-56(42-32-50)66(62-23-11-18-51-17-7-8-19-58(51)62)57-43-33-52(34-44-57)59-21-12-22-61-60-20-9-10-24-63(60)67-64(59)61/h1-44H. The van der Waals surface area contributed by atoms with Crippen molar-refractivity contribution < 1.29 is 0 Å². The Morgan fingerprint density at radius 1 is 0.239 bits per heavy atom. The fourth-order valence-electron chi connectivity index (χ4n) is 9.52. The first-order valence-corrected chi connectivity index (χ1v) is 23.6. The minimum atomic E-state index is 1.09. The Morgan fingerprint density at radius 2 is 0.612 bits per heavy atom. The Labute approximate surface area is 395 Å². The quantitative estimate of drug-likeness (QED) is 0.135. The largest absolute Gasteiger partial charge is 0.311 e. The van der Waals surface area contributed by atoms with Gasteiger partial charge in [-0.1, -0.05) is 194 Å². The molecule has 1 heterocycles. The van der Waals surface area contributed by atoms with Crippen molar-refractivity contribution in [3.8, 4) is 44.5 Å². The first-order valence-electron chi connectivity index (χ1n) is 22.8. The molecule has 0 saturated heterocycles. The van der Waals surface area contributed by atoms with E-state index in [0.717, 1.165) is 45.3 Å². The highest BCUT2D eigenvalue weighted by atomic mass is 32.1. The summed E-state index contributed by atoms with van der Waals surface area (Å²) in [5, 5.41) is 5.05. The summed E-state index contributed by atoms with van der Waals surface area (Å²) in [7, 11) is 0. The molecule has 0 bridgehead atoms. The lowest BCUT2D eigenvalue weighted by molar-refractivity contribution is 1.28. The van der Waals surface area contributed by atoms with Gasteiger partial charge in [0.05, 0.1) is 5.69 Å². The van der Waals surface area contributed by atoms with Crippen LogP contribution in [-0.2, 0) is 0 Å². The van der Waals surface area contributed by atoms with Gasteiger partial charge in [-0.3, -0.25) is 0 Å². The molecule has 3 heteroatoms. The SMILES string of the molecule is c1ccc(-c2ccc(N(c3ccc(-c4ccccc4)cc3)c3ccc(-c4ccc(N(c5ccc(-c6cccc7c6sc6ccccc67)cc5)c5cccc6ccccc56)cc4)cc3)cc2)cc1. The maximum absolute atomic E-state index is 2.39. The highest BCUT2D eigenvalue weighted by Crippen LogP contribution is 2.44. The van der Waals surface area contributed by atoms with Gasteiger partial charge in [-0.25, -0.2) is 0 Å². The van der Waals surface area contributed by atoms with E-state index in [1.165, 1.54) is 64.3 Å². The Hall–Kier alpha value is -8.50. The van der Waals surface area contributed by atoms with Crippen LogP contribution < -0.4 is 9.80 Å². The topological polar surface area (TPSA) is 6.48 Å². The predicted molar refractivity (Wildman–Crippen MR) is 288 cm³/mol. The molecule has 0 amide bonds. The number of hydrogen-bond donors (Lipinski definition) is 0. The van der Waals surface area contributed by atoms with Gasteiger partial charge in [-0.05, 0) is 123 Å². The van der Waals surface area contributed by atoms with E-state index in [0.29, 0.717) is 0 Å². The minimum Gasteiger partial charge on any atom is -0.311 e. The molecule has 12 rings (SSSR count).